The summed E-state index contributed by atoms with van der Waals surface area (Å²) in [5.41, 5.74) is 0. The van der Waals surface area contributed by atoms with E-state index in [1.807, 2.05) is 6.92 Å². The molecular formula is C10H14ClN3O3S. The van der Waals surface area contributed by atoms with Gasteiger partial charge >= 0.3 is 5.00 Å². The lowest BCUT2D eigenvalue weighted by Crippen LogP contribution is -2.52. The van der Waals surface area contributed by atoms with Crippen molar-refractivity contribution in [3.8, 4) is 0 Å². The Morgan fingerprint density at radius 1 is 1.61 bits per heavy atom. The Hall–Kier alpha value is -1.18. The average molecular weight is 292 g/mol. The number of amides is 1. The van der Waals surface area contributed by atoms with Gasteiger partial charge in [0.15, 0.2) is 0 Å². The first-order valence-electron chi connectivity index (χ1n) is 5.35. The SMILES string of the molecule is C[C@@H]1CNCCN1C(=O)c1ccc([N+](=O)[O-])s1.Cl. The zero-order chi connectivity index (χ0) is 12.4. The van der Waals surface area contributed by atoms with Crippen molar-refractivity contribution in [1.82, 2.24) is 10.2 Å². The largest absolute Gasteiger partial charge is 0.333 e. The van der Waals surface area contributed by atoms with Crippen molar-refractivity contribution < 1.29 is 9.72 Å². The summed E-state index contributed by atoms with van der Waals surface area (Å²) in [6.07, 6.45) is 0. The van der Waals surface area contributed by atoms with Crippen molar-refractivity contribution in [1.29, 1.82) is 0 Å². The summed E-state index contributed by atoms with van der Waals surface area (Å²) in [4.78, 5) is 24.4. The van der Waals surface area contributed by atoms with Crippen LogP contribution in [0, 0.1) is 10.1 Å². The molecular weight excluding hydrogens is 278 g/mol. The highest BCUT2D eigenvalue weighted by Crippen LogP contribution is 2.25. The van der Waals surface area contributed by atoms with E-state index >= 15 is 0 Å². The molecule has 0 aliphatic carbocycles. The van der Waals surface area contributed by atoms with Gasteiger partial charge in [0, 0.05) is 31.7 Å². The second kappa shape index (κ2) is 6.12. The van der Waals surface area contributed by atoms with Crippen LogP contribution in [-0.2, 0) is 0 Å². The molecule has 1 atom stereocenters. The van der Waals surface area contributed by atoms with Crippen LogP contribution in [0.2, 0.25) is 0 Å². The number of carbonyl (C=O) groups excluding carboxylic acids is 1. The molecule has 0 aromatic carbocycles. The van der Waals surface area contributed by atoms with Gasteiger partial charge in [-0.25, -0.2) is 0 Å². The molecule has 1 fully saturated rings. The van der Waals surface area contributed by atoms with Gasteiger partial charge in [0.1, 0.15) is 0 Å². The van der Waals surface area contributed by atoms with Crippen LogP contribution in [0.3, 0.4) is 0 Å². The molecule has 0 unspecified atom stereocenters. The molecule has 1 aliphatic heterocycles. The normalized spacial score (nSPS) is 19.2. The molecule has 100 valence electrons. The summed E-state index contributed by atoms with van der Waals surface area (Å²) in [6.45, 7) is 4.14. The molecule has 1 aromatic rings. The first-order valence-corrected chi connectivity index (χ1v) is 6.17. The lowest BCUT2D eigenvalue weighted by Gasteiger charge is -2.33. The van der Waals surface area contributed by atoms with Gasteiger partial charge in [-0.3, -0.25) is 14.9 Å². The van der Waals surface area contributed by atoms with Crippen molar-refractivity contribution in [3.05, 3.63) is 27.1 Å². The van der Waals surface area contributed by atoms with Crippen LogP contribution in [0.25, 0.3) is 0 Å². The molecule has 8 heteroatoms. The summed E-state index contributed by atoms with van der Waals surface area (Å²) in [7, 11) is 0. The molecule has 0 bridgehead atoms. The summed E-state index contributed by atoms with van der Waals surface area (Å²) in [6, 6.07) is 3.03. The van der Waals surface area contributed by atoms with Crippen LogP contribution in [0.15, 0.2) is 12.1 Å². The number of carbonyl (C=O) groups is 1. The predicted molar refractivity (Wildman–Crippen MR) is 71.6 cm³/mol. The number of rotatable bonds is 2. The van der Waals surface area contributed by atoms with Gasteiger partial charge < -0.3 is 10.2 Å². The number of nitro groups is 1. The van der Waals surface area contributed by atoms with Gasteiger partial charge in [0.25, 0.3) is 5.91 Å². The first-order chi connectivity index (χ1) is 8.09. The number of nitrogens with zero attached hydrogens (tertiary/aromatic N) is 2. The second-order valence-corrected chi connectivity index (χ2v) is 5.01. The van der Waals surface area contributed by atoms with E-state index in [-0.39, 0.29) is 29.4 Å². The number of piperazine rings is 1. The minimum absolute atomic E-state index is 0. The van der Waals surface area contributed by atoms with Gasteiger partial charge in [-0.05, 0) is 13.0 Å². The molecule has 18 heavy (non-hydrogen) atoms. The number of halogens is 1. The highest BCUT2D eigenvalue weighted by atomic mass is 35.5. The van der Waals surface area contributed by atoms with E-state index in [0.717, 1.165) is 24.4 Å². The zero-order valence-corrected chi connectivity index (χ0v) is 11.4. The van der Waals surface area contributed by atoms with Crippen LogP contribution in [-0.4, -0.2) is 41.4 Å². The van der Waals surface area contributed by atoms with Gasteiger partial charge in [0.05, 0.1) is 9.80 Å². The van der Waals surface area contributed by atoms with Crippen molar-refractivity contribution in [2.45, 2.75) is 13.0 Å². The van der Waals surface area contributed by atoms with Crippen molar-refractivity contribution in [2.75, 3.05) is 19.6 Å². The smallest absolute Gasteiger partial charge is 0.324 e. The summed E-state index contributed by atoms with van der Waals surface area (Å²) in [5.74, 6) is -0.114. The Balaban J connectivity index is 0.00000162. The van der Waals surface area contributed by atoms with E-state index in [0.29, 0.717) is 11.4 Å². The maximum absolute atomic E-state index is 12.1. The molecule has 2 heterocycles. The Bertz CT molecular complexity index is 451. The molecule has 2 rings (SSSR count). The van der Waals surface area contributed by atoms with E-state index < -0.39 is 4.92 Å². The Morgan fingerprint density at radius 2 is 2.33 bits per heavy atom. The fourth-order valence-corrected chi connectivity index (χ4v) is 2.60. The topological polar surface area (TPSA) is 75.5 Å². The summed E-state index contributed by atoms with van der Waals surface area (Å²) in [5, 5.41) is 13.8. The van der Waals surface area contributed by atoms with Crippen LogP contribution in [0.5, 0.6) is 0 Å². The van der Waals surface area contributed by atoms with Gasteiger partial charge in [-0.15, -0.1) is 12.4 Å². The number of hydrogen-bond acceptors (Lipinski definition) is 5. The predicted octanol–water partition coefficient (Wildman–Crippen LogP) is 1.51. The molecule has 1 aromatic heterocycles. The monoisotopic (exact) mass is 291 g/mol. The van der Waals surface area contributed by atoms with Gasteiger partial charge in [-0.1, -0.05) is 11.3 Å². The maximum Gasteiger partial charge on any atom is 0.324 e. The van der Waals surface area contributed by atoms with Crippen LogP contribution < -0.4 is 5.32 Å². The van der Waals surface area contributed by atoms with Crippen LogP contribution in [0.4, 0.5) is 5.00 Å². The third-order valence-corrected chi connectivity index (χ3v) is 3.77. The molecule has 0 saturated carbocycles. The quantitative estimate of drug-likeness (QED) is 0.662. The van der Waals surface area contributed by atoms with Crippen molar-refractivity contribution >= 4 is 34.7 Å². The standard InChI is InChI=1S/C10H13N3O3S.ClH/c1-7-6-11-4-5-12(7)10(14)8-2-3-9(17-8)13(15)16;/h2-3,7,11H,4-6H2,1H3;1H/t7-;/m1./s1. The second-order valence-electron chi connectivity index (χ2n) is 3.95. The highest BCUT2D eigenvalue weighted by Gasteiger charge is 2.26. The number of nitrogens with one attached hydrogen (secondary N) is 1. The molecule has 1 N–H and O–H groups in total. The third-order valence-electron chi connectivity index (χ3n) is 2.74. The minimum atomic E-state index is -0.470. The van der Waals surface area contributed by atoms with Gasteiger partial charge in [-0.2, -0.15) is 0 Å². The average Bonchev–Trinajstić information content (AvgIpc) is 2.78. The Labute approximate surface area is 115 Å². The molecule has 0 spiro atoms. The number of thiophene rings is 1. The third kappa shape index (κ3) is 2.98. The van der Waals surface area contributed by atoms with E-state index in [4.69, 9.17) is 0 Å². The molecule has 1 amide bonds. The lowest BCUT2D eigenvalue weighted by atomic mass is 10.2. The molecule has 1 saturated heterocycles. The first kappa shape index (κ1) is 14.9. The van der Waals surface area contributed by atoms with Crippen LogP contribution in [0.1, 0.15) is 16.6 Å². The fourth-order valence-electron chi connectivity index (χ4n) is 1.83. The maximum atomic E-state index is 12.1. The van der Waals surface area contributed by atoms with E-state index in [1.165, 1.54) is 12.1 Å². The number of hydrogen-bond donors (Lipinski definition) is 1. The molecule has 6 nitrogen and oxygen atoms in total. The van der Waals surface area contributed by atoms with Crippen molar-refractivity contribution in [3.63, 3.8) is 0 Å². The Morgan fingerprint density at radius 3 is 2.89 bits per heavy atom. The summed E-state index contributed by atoms with van der Waals surface area (Å²) < 4.78 is 0. The van der Waals surface area contributed by atoms with Crippen molar-refractivity contribution in [2.24, 2.45) is 0 Å². The minimum Gasteiger partial charge on any atom is -0.333 e. The van der Waals surface area contributed by atoms with E-state index in [2.05, 4.69) is 5.32 Å². The fraction of sp³-hybridized carbons (Fsp3) is 0.500. The van der Waals surface area contributed by atoms with Crippen LogP contribution >= 0.6 is 23.7 Å². The molecule has 1 aliphatic rings. The molecule has 0 radical (unpaired) electrons. The Kier molecular flexibility index (Phi) is 5.06. The lowest BCUT2D eigenvalue weighted by molar-refractivity contribution is -0.380. The van der Waals surface area contributed by atoms with E-state index in [1.54, 1.807) is 4.90 Å². The van der Waals surface area contributed by atoms with Gasteiger partial charge in [0.2, 0.25) is 0 Å². The van der Waals surface area contributed by atoms with E-state index in [9.17, 15) is 14.9 Å². The highest BCUT2D eigenvalue weighted by molar-refractivity contribution is 7.17. The summed E-state index contributed by atoms with van der Waals surface area (Å²) >= 11 is 0.934. The zero-order valence-electron chi connectivity index (χ0n) is 9.79.